The van der Waals surface area contributed by atoms with Crippen molar-refractivity contribution >= 4 is 41.3 Å². The van der Waals surface area contributed by atoms with Gasteiger partial charge in [-0.15, -0.1) is 0 Å². The van der Waals surface area contributed by atoms with Gasteiger partial charge in [0.1, 0.15) is 24.3 Å². The first-order chi connectivity index (χ1) is 13.2. The minimum Gasteiger partial charge on any atom is -0.463 e. The van der Waals surface area contributed by atoms with E-state index in [1.807, 2.05) is 6.07 Å². The summed E-state index contributed by atoms with van der Waals surface area (Å²) in [6.07, 6.45) is -2.69. The minimum atomic E-state index is -0.961. The lowest BCUT2D eigenvalue weighted by Gasteiger charge is -2.43. The smallest absolute Gasteiger partial charge is 0.303 e. The molecule has 0 amide bonds. The van der Waals surface area contributed by atoms with Crippen LogP contribution in [0.4, 0.5) is 0 Å². The van der Waals surface area contributed by atoms with Gasteiger partial charge in [-0.3, -0.25) is 14.4 Å². The molecule has 5 unspecified atom stereocenters. The van der Waals surface area contributed by atoms with Crippen LogP contribution in [0.5, 0.6) is 0 Å². The highest BCUT2D eigenvalue weighted by atomic mass is 35.5. The van der Waals surface area contributed by atoms with Crippen LogP contribution in [-0.4, -0.2) is 54.3 Å². The number of ether oxygens (including phenoxy) is 4. The molecule has 1 saturated heterocycles. The Hall–Kier alpha value is -1.81. The van der Waals surface area contributed by atoms with Crippen molar-refractivity contribution in [1.82, 2.24) is 0 Å². The lowest BCUT2D eigenvalue weighted by molar-refractivity contribution is -0.201. The number of carbonyl (C=O) groups is 3. The maximum atomic E-state index is 11.6. The van der Waals surface area contributed by atoms with E-state index in [1.54, 1.807) is 18.2 Å². The van der Waals surface area contributed by atoms with Gasteiger partial charge in [0.15, 0.2) is 6.10 Å². The lowest BCUT2D eigenvalue weighted by Crippen LogP contribution is -2.63. The molecular formula is C18H22ClNO7S. The van der Waals surface area contributed by atoms with E-state index >= 15 is 0 Å². The number of benzene rings is 1. The minimum absolute atomic E-state index is 0.166. The first kappa shape index (κ1) is 22.5. The second-order valence-corrected chi connectivity index (χ2v) is 7.75. The second kappa shape index (κ2) is 10.1. The molecule has 0 bridgehead atoms. The molecule has 1 heterocycles. The molecular weight excluding hydrogens is 410 g/mol. The van der Waals surface area contributed by atoms with Crippen LogP contribution in [0.2, 0.25) is 5.02 Å². The van der Waals surface area contributed by atoms with Crippen LogP contribution in [0, 0.1) is 0 Å². The number of halogens is 1. The van der Waals surface area contributed by atoms with Crippen LogP contribution in [0.1, 0.15) is 20.8 Å². The molecule has 0 aliphatic carbocycles. The summed E-state index contributed by atoms with van der Waals surface area (Å²) in [5, 5.41) is 0.531. The predicted molar refractivity (Wildman–Crippen MR) is 102 cm³/mol. The Labute approximate surface area is 172 Å². The van der Waals surface area contributed by atoms with Gasteiger partial charge in [-0.05, 0) is 18.2 Å². The zero-order valence-electron chi connectivity index (χ0n) is 15.6. The third-order valence-corrected chi connectivity index (χ3v) is 5.18. The van der Waals surface area contributed by atoms with Gasteiger partial charge in [0.25, 0.3) is 0 Å². The van der Waals surface area contributed by atoms with Gasteiger partial charge >= 0.3 is 17.9 Å². The summed E-state index contributed by atoms with van der Waals surface area (Å²) >= 11 is 7.27. The molecule has 0 aromatic heterocycles. The molecule has 28 heavy (non-hydrogen) atoms. The predicted octanol–water partition coefficient (Wildman–Crippen LogP) is 1.91. The summed E-state index contributed by atoms with van der Waals surface area (Å²) in [4.78, 5) is 35.1. The lowest BCUT2D eigenvalue weighted by atomic mass is 9.97. The largest absolute Gasteiger partial charge is 0.463 e. The number of carbonyl (C=O) groups excluding carboxylic acids is 3. The topological polar surface area (TPSA) is 114 Å². The zero-order valence-corrected chi connectivity index (χ0v) is 17.2. The Kier molecular flexibility index (Phi) is 8.11. The third-order valence-electron chi connectivity index (χ3n) is 3.81. The van der Waals surface area contributed by atoms with Crippen LogP contribution >= 0.6 is 23.4 Å². The van der Waals surface area contributed by atoms with Crippen molar-refractivity contribution in [2.45, 2.75) is 55.5 Å². The van der Waals surface area contributed by atoms with Crippen LogP contribution in [0.3, 0.4) is 0 Å². The van der Waals surface area contributed by atoms with Gasteiger partial charge in [0, 0.05) is 30.7 Å². The molecule has 1 fully saturated rings. The molecule has 154 valence electrons. The van der Waals surface area contributed by atoms with E-state index in [0.717, 1.165) is 4.90 Å². The number of rotatable bonds is 6. The second-order valence-electron chi connectivity index (χ2n) is 6.15. The van der Waals surface area contributed by atoms with Gasteiger partial charge in [-0.2, -0.15) is 0 Å². The fourth-order valence-corrected chi connectivity index (χ4v) is 4.16. The summed E-state index contributed by atoms with van der Waals surface area (Å²) in [7, 11) is 0. The van der Waals surface area contributed by atoms with E-state index in [1.165, 1.54) is 32.5 Å². The SMILES string of the molecule is CC(=O)OCC1OC(Sc2cccc(Cl)c2)C(OC(C)=O)C(N)C1OC(C)=O. The van der Waals surface area contributed by atoms with Crippen molar-refractivity contribution in [3.8, 4) is 0 Å². The monoisotopic (exact) mass is 431 g/mol. The number of thioether (sulfide) groups is 1. The zero-order chi connectivity index (χ0) is 20.8. The summed E-state index contributed by atoms with van der Waals surface area (Å²) in [5.41, 5.74) is 5.54. The average molecular weight is 432 g/mol. The molecule has 1 aliphatic rings. The highest BCUT2D eigenvalue weighted by Gasteiger charge is 2.48. The Morgan fingerprint density at radius 3 is 2.32 bits per heavy atom. The maximum absolute atomic E-state index is 11.6. The van der Waals surface area contributed by atoms with Crippen molar-refractivity contribution < 1.29 is 33.3 Å². The van der Waals surface area contributed by atoms with E-state index in [2.05, 4.69) is 0 Å². The normalized spacial score (nSPS) is 27.0. The maximum Gasteiger partial charge on any atom is 0.303 e. The number of esters is 3. The van der Waals surface area contributed by atoms with E-state index in [0.29, 0.717) is 5.02 Å². The van der Waals surface area contributed by atoms with Crippen LogP contribution in [0.25, 0.3) is 0 Å². The summed E-state index contributed by atoms with van der Waals surface area (Å²) in [5.74, 6) is -1.65. The molecule has 1 aromatic carbocycles. The molecule has 8 nitrogen and oxygen atoms in total. The highest BCUT2D eigenvalue weighted by molar-refractivity contribution is 7.99. The van der Waals surface area contributed by atoms with Crippen LogP contribution in [-0.2, 0) is 33.3 Å². The summed E-state index contributed by atoms with van der Waals surface area (Å²) < 4.78 is 21.7. The van der Waals surface area contributed by atoms with Crippen molar-refractivity contribution in [2.24, 2.45) is 5.73 Å². The van der Waals surface area contributed by atoms with Crippen molar-refractivity contribution in [3.05, 3.63) is 29.3 Å². The van der Waals surface area contributed by atoms with E-state index < -0.39 is 47.7 Å². The number of hydrogen-bond donors (Lipinski definition) is 1. The van der Waals surface area contributed by atoms with E-state index in [9.17, 15) is 14.4 Å². The highest BCUT2D eigenvalue weighted by Crippen LogP contribution is 2.36. The Balaban J connectivity index is 2.29. The molecule has 2 rings (SSSR count). The first-order valence-corrected chi connectivity index (χ1v) is 9.74. The Morgan fingerprint density at radius 2 is 1.75 bits per heavy atom. The van der Waals surface area contributed by atoms with Gasteiger partial charge < -0.3 is 24.7 Å². The van der Waals surface area contributed by atoms with Gasteiger partial charge in [-0.25, -0.2) is 0 Å². The molecule has 0 radical (unpaired) electrons. The van der Waals surface area contributed by atoms with Gasteiger partial charge in [0.2, 0.25) is 0 Å². The van der Waals surface area contributed by atoms with E-state index in [4.69, 9.17) is 36.3 Å². The standard InChI is InChI=1S/C18H22ClNO7S/c1-9(21)24-8-14-16(25-10(2)22)15(20)17(26-11(3)23)18(27-14)28-13-6-4-5-12(19)7-13/h4-7,14-18H,8,20H2,1-3H3. The molecule has 2 N–H and O–H groups in total. The number of nitrogens with two attached hydrogens (primary N) is 1. The molecule has 0 saturated carbocycles. The molecule has 10 heteroatoms. The van der Waals surface area contributed by atoms with Crippen molar-refractivity contribution in [2.75, 3.05) is 6.61 Å². The molecule has 1 aromatic rings. The summed E-state index contributed by atoms with van der Waals surface area (Å²) in [6, 6.07) is 6.15. The molecule has 0 spiro atoms. The van der Waals surface area contributed by atoms with Gasteiger partial charge in [0.05, 0.1) is 6.04 Å². The fraction of sp³-hybridized carbons (Fsp3) is 0.500. The fourth-order valence-electron chi connectivity index (χ4n) is 2.72. The molecule has 1 aliphatic heterocycles. The van der Waals surface area contributed by atoms with Crippen LogP contribution in [0.15, 0.2) is 29.2 Å². The van der Waals surface area contributed by atoms with Crippen molar-refractivity contribution in [1.29, 1.82) is 0 Å². The molecule has 5 atom stereocenters. The average Bonchev–Trinajstić information content (AvgIpc) is 2.58. The Morgan fingerprint density at radius 1 is 1.11 bits per heavy atom. The first-order valence-electron chi connectivity index (χ1n) is 8.48. The third kappa shape index (κ3) is 6.37. The van der Waals surface area contributed by atoms with Crippen molar-refractivity contribution in [3.63, 3.8) is 0 Å². The quantitative estimate of drug-likeness (QED) is 0.532. The van der Waals surface area contributed by atoms with Gasteiger partial charge in [-0.1, -0.05) is 29.4 Å². The number of hydrogen-bond acceptors (Lipinski definition) is 9. The van der Waals surface area contributed by atoms with E-state index in [-0.39, 0.29) is 6.61 Å². The van der Waals surface area contributed by atoms with Crippen LogP contribution < -0.4 is 5.73 Å². The summed E-state index contributed by atoms with van der Waals surface area (Å²) in [6.45, 7) is 3.56. The Bertz CT molecular complexity index is 730.